The fourth-order valence-corrected chi connectivity index (χ4v) is 1.57. The number of nitrogens with two attached hydrogens (primary N) is 1. The van der Waals surface area contributed by atoms with Crippen molar-refractivity contribution in [2.24, 2.45) is 0 Å². The van der Waals surface area contributed by atoms with E-state index in [0.29, 0.717) is 24.6 Å². The number of nitrogens with zero attached hydrogens (tertiary/aromatic N) is 3. The van der Waals surface area contributed by atoms with Crippen LogP contribution >= 0.6 is 0 Å². The van der Waals surface area contributed by atoms with Crippen LogP contribution < -0.4 is 16.0 Å². The number of nitrogen functional groups attached to an aromatic ring is 1. The summed E-state index contributed by atoms with van der Waals surface area (Å²) < 4.78 is 0. The van der Waals surface area contributed by atoms with E-state index in [1.54, 1.807) is 11.8 Å². The van der Waals surface area contributed by atoms with Gasteiger partial charge in [-0.25, -0.2) is 4.98 Å². The van der Waals surface area contributed by atoms with Gasteiger partial charge in [-0.15, -0.1) is 0 Å². The second-order valence-corrected chi connectivity index (χ2v) is 3.09. The van der Waals surface area contributed by atoms with Crippen molar-refractivity contribution in [1.82, 2.24) is 9.97 Å². The number of rotatable bonds is 1. The van der Waals surface area contributed by atoms with E-state index in [4.69, 9.17) is 5.73 Å². The molecule has 1 aliphatic rings. The standard InChI is InChI=1S/C8H11N5O/c1-5-6-7(12-8(9)11-5)10-2-3-13(6)4-14/h4H,2-3H2,1H3,(H3,9,10,11,12). The van der Waals surface area contributed by atoms with Crippen LogP contribution in [0.3, 0.4) is 0 Å². The second-order valence-electron chi connectivity index (χ2n) is 3.09. The average molecular weight is 193 g/mol. The van der Waals surface area contributed by atoms with Crippen LogP contribution in [0.15, 0.2) is 0 Å². The summed E-state index contributed by atoms with van der Waals surface area (Å²) in [6.45, 7) is 3.12. The van der Waals surface area contributed by atoms with Crippen molar-refractivity contribution in [1.29, 1.82) is 0 Å². The maximum atomic E-state index is 10.8. The first-order valence-corrected chi connectivity index (χ1v) is 4.32. The van der Waals surface area contributed by atoms with Crippen LogP contribution in [0.25, 0.3) is 0 Å². The summed E-state index contributed by atoms with van der Waals surface area (Å²) in [5.41, 5.74) is 6.94. The first-order chi connectivity index (χ1) is 6.72. The lowest BCUT2D eigenvalue weighted by atomic mass is 10.2. The highest BCUT2D eigenvalue weighted by Crippen LogP contribution is 2.28. The molecule has 0 radical (unpaired) electrons. The Morgan fingerprint density at radius 2 is 2.36 bits per heavy atom. The maximum absolute atomic E-state index is 10.8. The lowest BCUT2D eigenvalue weighted by molar-refractivity contribution is -0.107. The Morgan fingerprint density at radius 3 is 3.07 bits per heavy atom. The molecule has 0 fully saturated rings. The zero-order chi connectivity index (χ0) is 10.1. The molecule has 0 aromatic carbocycles. The van der Waals surface area contributed by atoms with Gasteiger partial charge in [-0.1, -0.05) is 0 Å². The molecule has 0 spiro atoms. The van der Waals surface area contributed by atoms with Gasteiger partial charge in [0.2, 0.25) is 12.4 Å². The van der Waals surface area contributed by atoms with Gasteiger partial charge in [-0.3, -0.25) is 4.79 Å². The van der Waals surface area contributed by atoms with Gasteiger partial charge in [0.05, 0.1) is 5.69 Å². The van der Waals surface area contributed by atoms with Crippen LogP contribution in [-0.4, -0.2) is 29.5 Å². The van der Waals surface area contributed by atoms with E-state index in [9.17, 15) is 4.79 Å². The topological polar surface area (TPSA) is 84.1 Å². The van der Waals surface area contributed by atoms with Gasteiger partial charge >= 0.3 is 0 Å². The molecule has 3 N–H and O–H groups in total. The van der Waals surface area contributed by atoms with Gasteiger partial charge in [0.1, 0.15) is 5.69 Å². The number of anilines is 3. The number of fused-ring (bicyclic) bond motifs is 1. The third-order valence-corrected chi connectivity index (χ3v) is 2.14. The van der Waals surface area contributed by atoms with Crippen molar-refractivity contribution in [3.63, 3.8) is 0 Å². The molecule has 1 aliphatic heterocycles. The Bertz CT molecular complexity index is 378. The lowest BCUT2D eigenvalue weighted by Crippen LogP contribution is -2.34. The molecule has 1 aromatic heterocycles. The number of aryl methyl sites for hydroxylation is 1. The number of carbonyl (C=O) groups is 1. The number of hydrogen-bond donors (Lipinski definition) is 2. The van der Waals surface area contributed by atoms with Gasteiger partial charge in [0.15, 0.2) is 5.82 Å². The second kappa shape index (κ2) is 3.13. The van der Waals surface area contributed by atoms with Crippen LogP contribution in [0, 0.1) is 6.92 Å². The number of amides is 1. The predicted molar refractivity (Wildman–Crippen MR) is 53.1 cm³/mol. The Balaban J connectivity index is 2.56. The van der Waals surface area contributed by atoms with Crippen molar-refractivity contribution in [2.75, 3.05) is 29.0 Å². The van der Waals surface area contributed by atoms with E-state index in [-0.39, 0.29) is 5.95 Å². The summed E-state index contributed by atoms with van der Waals surface area (Å²) >= 11 is 0. The third-order valence-electron chi connectivity index (χ3n) is 2.14. The molecule has 0 atom stereocenters. The van der Waals surface area contributed by atoms with Crippen molar-refractivity contribution in [2.45, 2.75) is 6.92 Å². The smallest absolute Gasteiger partial charge is 0.222 e. The molecule has 6 nitrogen and oxygen atoms in total. The molecular weight excluding hydrogens is 182 g/mol. The number of aromatic nitrogens is 2. The van der Waals surface area contributed by atoms with E-state index in [1.807, 2.05) is 0 Å². The Kier molecular flexibility index (Phi) is 1.95. The zero-order valence-electron chi connectivity index (χ0n) is 7.82. The highest BCUT2D eigenvalue weighted by Gasteiger charge is 2.20. The van der Waals surface area contributed by atoms with Gasteiger partial charge in [-0.2, -0.15) is 4.98 Å². The molecule has 2 heterocycles. The minimum Gasteiger partial charge on any atom is -0.368 e. The van der Waals surface area contributed by atoms with E-state index in [2.05, 4.69) is 15.3 Å². The Morgan fingerprint density at radius 1 is 1.57 bits per heavy atom. The van der Waals surface area contributed by atoms with E-state index in [1.165, 1.54) is 0 Å². The zero-order valence-corrected chi connectivity index (χ0v) is 7.82. The van der Waals surface area contributed by atoms with Gasteiger partial charge in [0.25, 0.3) is 0 Å². The molecule has 0 bridgehead atoms. The Hall–Kier alpha value is -1.85. The molecule has 0 saturated heterocycles. The highest BCUT2D eigenvalue weighted by atomic mass is 16.1. The van der Waals surface area contributed by atoms with E-state index >= 15 is 0 Å². The fraction of sp³-hybridized carbons (Fsp3) is 0.375. The molecule has 1 amide bonds. The van der Waals surface area contributed by atoms with Crippen molar-refractivity contribution < 1.29 is 4.79 Å². The molecule has 74 valence electrons. The first kappa shape index (κ1) is 8.74. The monoisotopic (exact) mass is 193 g/mol. The predicted octanol–water partition coefficient (Wildman–Crippen LogP) is -0.244. The van der Waals surface area contributed by atoms with E-state index < -0.39 is 0 Å². The van der Waals surface area contributed by atoms with Crippen molar-refractivity contribution in [3.8, 4) is 0 Å². The van der Waals surface area contributed by atoms with Gasteiger partial charge < -0.3 is 16.0 Å². The lowest BCUT2D eigenvalue weighted by Gasteiger charge is -2.27. The largest absolute Gasteiger partial charge is 0.368 e. The molecule has 6 heteroatoms. The quantitative estimate of drug-likeness (QED) is 0.601. The van der Waals surface area contributed by atoms with Crippen LogP contribution in [-0.2, 0) is 4.79 Å². The van der Waals surface area contributed by atoms with Crippen LogP contribution in [0.2, 0.25) is 0 Å². The first-order valence-electron chi connectivity index (χ1n) is 4.32. The summed E-state index contributed by atoms with van der Waals surface area (Å²) in [5.74, 6) is 0.856. The minimum atomic E-state index is 0.224. The number of carbonyl (C=O) groups excluding carboxylic acids is 1. The Labute approximate surface area is 81.1 Å². The normalized spacial score (nSPS) is 14.5. The average Bonchev–Trinajstić information content (AvgIpc) is 2.16. The summed E-state index contributed by atoms with van der Waals surface area (Å²) in [7, 11) is 0. The summed E-state index contributed by atoms with van der Waals surface area (Å²) in [4.78, 5) is 20.4. The van der Waals surface area contributed by atoms with Crippen molar-refractivity contribution in [3.05, 3.63) is 5.69 Å². The van der Waals surface area contributed by atoms with Crippen LogP contribution in [0.1, 0.15) is 5.69 Å². The highest BCUT2D eigenvalue weighted by molar-refractivity contribution is 5.85. The molecular formula is C8H11N5O. The summed E-state index contributed by atoms with van der Waals surface area (Å²) in [5, 5.41) is 3.08. The van der Waals surface area contributed by atoms with Crippen LogP contribution in [0.4, 0.5) is 17.5 Å². The maximum Gasteiger partial charge on any atom is 0.222 e. The summed E-state index contributed by atoms with van der Waals surface area (Å²) in [6, 6.07) is 0. The molecule has 14 heavy (non-hydrogen) atoms. The molecule has 2 rings (SSSR count). The SMILES string of the molecule is Cc1nc(N)nc2c1N(C=O)CCN2. The van der Waals surface area contributed by atoms with Crippen LogP contribution in [0.5, 0.6) is 0 Å². The number of nitrogens with one attached hydrogen (secondary N) is 1. The van der Waals surface area contributed by atoms with E-state index in [0.717, 1.165) is 12.1 Å². The van der Waals surface area contributed by atoms with Gasteiger partial charge in [-0.05, 0) is 6.92 Å². The summed E-state index contributed by atoms with van der Waals surface area (Å²) in [6.07, 6.45) is 0.784. The minimum absolute atomic E-state index is 0.224. The molecule has 0 saturated carbocycles. The molecule has 1 aromatic rings. The fourth-order valence-electron chi connectivity index (χ4n) is 1.57. The number of hydrogen-bond acceptors (Lipinski definition) is 5. The van der Waals surface area contributed by atoms with Crippen molar-refractivity contribution >= 4 is 23.9 Å². The molecule has 0 unspecified atom stereocenters. The third kappa shape index (κ3) is 1.24. The van der Waals surface area contributed by atoms with Gasteiger partial charge in [0, 0.05) is 13.1 Å². The molecule has 0 aliphatic carbocycles.